The van der Waals surface area contributed by atoms with Crippen LogP contribution in [0.5, 0.6) is 0 Å². The van der Waals surface area contributed by atoms with Crippen molar-refractivity contribution in [3.63, 3.8) is 0 Å². The summed E-state index contributed by atoms with van der Waals surface area (Å²) in [5.41, 5.74) is 6.83. The van der Waals surface area contributed by atoms with Crippen LogP contribution in [0.15, 0.2) is 18.2 Å². The molecule has 0 aromatic heterocycles. The molecule has 1 aromatic rings. The fraction of sp³-hybridized carbons (Fsp3) is 0.500. The van der Waals surface area contributed by atoms with Gasteiger partial charge in [0.25, 0.3) is 0 Å². The molecule has 0 amide bonds. The Labute approximate surface area is 113 Å². The molecule has 1 rings (SSSR count). The number of carbonyl (C=O) groups is 1. The molecular weight excluding hydrogens is 250 g/mol. The quantitative estimate of drug-likeness (QED) is 0.821. The number of hydrogen-bond acceptors (Lipinski definition) is 2. The minimum absolute atomic E-state index is 0.123. The fourth-order valence-corrected chi connectivity index (χ4v) is 2.49. The van der Waals surface area contributed by atoms with E-state index in [1.807, 2.05) is 33.8 Å². The number of benzene rings is 1. The Morgan fingerprint density at radius 1 is 1.39 bits per heavy atom. The maximum absolute atomic E-state index is 11.5. The van der Waals surface area contributed by atoms with Crippen LogP contribution >= 0.6 is 11.6 Å². The lowest BCUT2D eigenvalue weighted by atomic mass is 9.71. The fourth-order valence-electron chi connectivity index (χ4n) is 2.37. The zero-order chi connectivity index (χ0) is 14.1. The first-order valence-corrected chi connectivity index (χ1v) is 6.30. The van der Waals surface area contributed by atoms with Crippen molar-refractivity contribution in [2.24, 2.45) is 11.3 Å². The van der Waals surface area contributed by atoms with Crippen LogP contribution < -0.4 is 5.73 Å². The summed E-state index contributed by atoms with van der Waals surface area (Å²) >= 11 is 5.88. The van der Waals surface area contributed by atoms with Gasteiger partial charge in [0.05, 0.1) is 16.6 Å². The third-order valence-electron chi connectivity index (χ3n) is 3.24. The topological polar surface area (TPSA) is 63.3 Å². The monoisotopic (exact) mass is 269 g/mol. The van der Waals surface area contributed by atoms with Gasteiger partial charge in [-0.25, -0.2) is 0 Å². The first kappa shape index (κ1) is 14.8. The van der Waals surface area contributed by atoms with Crippen molar-refractivity contribution in [3.05, 3.63) is 28.8 Å². The normalized spacial score (nSPS) is 15.2. The van der Waals surface area contributed by atoms with Crippen molar-refractivity contribution >= 4 is 23.3 Å². The van der Waals surface area contributed by atoms with Crippen molar-refractivity contribution in [3.8, 4) is 0 Å². The highest BCUT2D eigenvalue weighted by Crippen LogP contribution is 2.39. The standard InChI is InChI=1S/C14H20ClNO2/c1-8(12(13(17)18)14(2,3)4)9-5-6-10(15)11(16)7-9/h5-8,12H,16H2,1-4H3,(H,17,18)/t8-,12?/m1/s1. The molecule has 0 aliphatic heterocycles. The average Bonchev–Trinajstić information content (AvgIpc) is 2.19. The van der Waals surface area contributed by atoms with Crippen LogP contribution in [0.4, 0.5) is 5.69 Å². The predicted molar refractivity (Wildman–Crippen MR) is 74.9 cm³/mol. The second kappa shape index (κ2) is 5.19. The maximum Gasteiger partial charge on any atom is 0.307 e. The van der Waals surface area contributed by atoms with Crippen molar-refractivity contribution < 1.29 is 9.90 Å². The molecule has 3 nitrogen and oxygen atoms in total. The summed E-state index contributed by atoms with van der Waals surface area (Å²) in [6, 6.07) is 5.31. The zero-order valence-corrected chi connectivity index (χ0v) is 12.0. The average molecular weight is 270 g/mol. The van der Waals surface area contributed by atoms with E-state index in [-0.39, 0.29) is 11.3 Å². The Hall–Kier alpha value is -1.22. The summed E-state index contributed by atoms with van der Waals surface area (Å²) in [6.07, 6.45) is 0. The highest BCUT2D eigenvalue weighted by molar-refractivity contribution is 6.33. The van der Waals surface area contributed by atoms with Gasteiger partial charge in [-0.05, 0) is 29.0 Å². The minimum atomic E-state index is -0.788. The summed E-state index contributed by atoms with van der Waals surface area (Å²) in [5, 5.41) is 9.90. The Morgan fingerprint density at radius 2 is 1.94 bits per heavy atom. The molecular formula is C14H20ClNO2. The summed E-state index contributed by atoms with van der Waals surface area (Å²) in [5.74, 6) is -1.39. The van der Waals surface area contributed by atoms with E-state index in [1.165, 1.54) is 0 Å². The van der Waals surface area contributed by atoms with E-state index >= 15 is 0 Å². The minimum Gasteiger partial charge on any atom is -0.481 e. The summed E-state index contributed by atoms with van der Waals surface area (Å²) in [4.78, 5) is 11.5. The molecule has 0 radical (unpaired) electrons. The molecule has 0 fully saturated rings. The van der Waals surface area contributed by atoms with Gasteiger partial charge in [-0.2, -0.15) is 0 Å². The molecule has 0 heterocycles. The number of aliphatic carboxylic acids is 1. The Kier molecular flexibility index (Phi) is 4.28. The van der Waals surface area contributed by atoms with Crippen LogP contribution in [0.1, 0.15) is 39.2 Å². The number of carboxylic acid groups (broad SMARTS) is 1. The molecule has 2 atom stereocenters. The lowest BCUT2D eigenvalue weighted by Crippen LogP contribution is -2.32. The van der Waals surface area contributed by atoms with Crippen LogP contribution in [-0.4, -0.2) is 11.1 Å². The van der Waals surface area contributed by atoms with Crippen LogP contribution in [0, 0.1) is 11.3 Å². The second-order valence-corrected chi connectivity index (χ2v) is 6.16. The molecule has 0 bridgehead atoms. The van der Waals surface area contributed by atoms with Gasteiger partial charge in [0.15, 0.2) is 0 Å². The molecule has 4 heteroatoms. The zero-order valence-electron chi connectivity index (χ0n) is 11.2. The van der Waals surface area contributed by atoms with Crippen LogP contribution in [0.3, 0.4) is 0 Å². The lowest BCUT2D eigenvalue weighted by molar-refractivity contribution is -0.146. The van der Waals surface area contributed by atoms with E-state index in [4.69, 9.17) is 17.3 Å². The first-order valence-electron chi connectivity index (χ1n) is 5.92. The second-order valence-electron chi connectivity index (χ2n) is 5.75. The highest BCUT2D eigenvalue weighted by Gasteiger charge is 2.36. The van der Waals surface area contributed by atoms with Gasteiger partial charge in [0.2, 0.25) is 0 Å². The van der Waals surface area contributed by atoms with Gasteiger partial charge >= 0.3 is 5.97 Å². The van der Waals surface area contributed by atoms with Crippen LogP contribution in [-0.2, 0) is 4.79 Å². The molecule has 0 saturated carbocycles. The molecule has 0 spiro atoms. The molecule has 100 valence electrons. The van der Waals surface area contributed by atoms with E-state index in [2.05, 4.69) is 0 Å². The molecule has 1 unspecified atom stereocenters. The SMILES string of the molecule is C[C@H](c1ccc(Cl)c(N)c1)C(C(=O)O)C(C)(C)C. The van der Waals surface area contributed by atoms with Gasteiger partial charge in [-0.15, -0.1) is 0 Å². The van der Waals surface area contributed by atoms with Gasteiger partial charge in [0.1, 0.15) is 0 Å². The maximum atomic E-state index is 11.5. The highest BCUT2D eigenvalue weighted by atomic mass is 35.5. The Bertz CT molecular complexity index is 452. The number of hydrogen-bond donors (Lipinski definition) is 2. The number of halogens is 1. The number of carboxylic acids is 1. The largest absolute Gasteiger partial charge is 0.481 e. The van der Waals surface area contributed by atoms with Gasteiger partial charge in [0, 0.05) is 0 Å². The summed E-state index contributed by atoms with van der Waals surface area (Å²) in [6.45, 7) is 7.71. The molecule has 0 saturated heterocycles. The molecule has 0 aliphatic rings. The lowest BCUT2D eigenvalue weighted by Gasteiger charge is -2.32. The van der Waals surface area contributed by atoms with Gasteiger partial charge < -0.3 is 10.8 Å². The summed E-state index contributed by atoms with van der Waals surface area (Å²) < 4.78 is 0. The van der Waals surface area contributed by atoms with E-state index in [1.54, 1.807) is 12.1 Å². The van der Waals surface area contributed by atoms with E-state index in [9.17, 15) is 9.90 Å². The Balaban J connectivity index is 3.14. The first-order chi connectivity index (χ1) is 8.14. The third kappa shape index (κ3) is 3.16. The van der Waals surface area contributed by atoms with E-state index in [0.717, 1.165) is 5.56 Å². The van der Waals surface area contributed by atoms with Crippen molar-refractivity contribution in [2.75, 3.05) is 5.73 Å². The Morgan fingerprint density at radius 3 is 2.33 bits per heavy atom. The number of nitrogen functional groups attached to an aromatic ring is 1. The van der Waals surface area contributed by atoms with Gasteiger partial charge in [-0.1, -0.05) is 45.4 Å². The molecule has 3 N–H and O–H groups in total. The van der Waals surface area contributed by atoms with Crippen molar-refractivity contribution in [2.45, 2.75) is 33.6 Å². The van der Waals surface area contributed by atoms with Crippen molar-refractivity contribution in [1.82, 2.24) is 0 Å². The third-order valence-corrected chi connectivity index (χ3v) is 3.59. The van der Waals surface area contributed by atoms with Crippen molar-refractivity contribution in [1.29, 1.82) is 0 Å². The number of rotatable bonds is 3. The van der Waals surface area contributed by atoms with Crippen LogP contribution in [0.25, 0.3) is 0 Å². The summed E-state index contributed by atoms with van der Waals surface area (Å²) in [7, 11) is 0. The molecule has 0 aliphatic carbocycles. The smallest absolute Gasteiger partial charge is 0.307 e. The van der Waals surface area contributed by atoms with Crippen LogP contribution in [0.2, 0.25) is 5.02 Å². The van der Waals surface area contributed by atoms with E-state index in [0.29, 0.717) is 10.7 Å². The molecule has 18 heavy (non-hydrogen) atoms. The van der Waals surface area contributed by atoms with E-state index < -0.39 is 11.9 Å². The number of nitrogens with two attached hydrogens (primary N) is 1. The van der Waals surface area contributed by atoms with Gasteiger partial charge in [-0.3, -0.25) is 4.79 Å². The molecule has 1 aromatic carbocycles. The number of anilines is 1. The predicted octanol–water partition coefficient (Wildman–Crippen LogP) is 3.77.